The van der Waals surface area contributed by atoms with Gasteiger partial charge < -0.3 is 5.11 Å². The maximum Gasteiger partial charge on any atom is 0.316 e. The van der Waals surface area contributed by atoms with E-state index < -0.39 is 45.1 Å². The Morgan fingerprint density at radius 2 is 1.94 bits per heavy atom. The highest BCUT2D eigenvalue weighted by molar-refractivity contribution is 7.91. The first-order valence-corrected chi connectivity index (χ1v) is 7.82. The molecule has 1 unspecified atom stereocenters. The molecule has 0 radical (unpaired) electrons. The number of carboxylic acids is 1. The average molecular weight is 282 g/mol. The Bertz CT molecular complexity index is 456. The summed E-state index contributed by atoms with van der Waals surface area (Å²) < 4.78 is 51.1. The first-order valence-electron chi connectivity index (χ1n) is 6.00. The van der Waals surface area contributed by atoms with Gasteiger partial charge in [-0.1, -0.05) is 19.3 Å². The highest BCUT2D eigenvalue weighted by Gasteiger charge is 2.64. The van der Waals surface area contributed by atoms with Gasteiger partial charge in [0.1, 0.15) is 5.41 Å². The number of halogens is 2. The Morgan fingerprint density at radius 1 is 1.33 bits per heavy atom. The van der Waals surface area contributed by atoms with Crippen LogP contribution in [0, 0.1) is 11.3 Å². The van der Waals surface area contributed by atoms with Gasteiger partial charge in [0.05, 0.1) is 11.5 Å². The van der Waals surface area contributed by atoms with Crippen LogP contribution in [-0.2, 0) is 14.6 Å². The molecule has 2 rings (SSSR count). The maximum absolute atomic E-state index is 14.0. The second kappa shape index (κ2) is 4.15. The summed E-state index contributed by atoms with van der Waals surface area (Å²) in [4.78, 5) is 11.3. The zero-order chi connectivity index (χ0) is 13.6. The van der Waals surface area contributed by atoms with Gasteiger partial charge in [0.15, 0.2) is 9.84 Å². The molecule has 1 atom stereocenters. The van der Waals surface area contributed by atoms with Gasteiger partial charge in [-0.25, -0.2) is 17.2 Å². The Labute approximate surface area is 104 Å². The highest BCUT2D eigenvalue weighted by Crippen LogP contribution is 2.51. The number of sulfone groups is 1. The van der Waals surface area contributed by atoms with Crippen LogP contribution < -0.4 is 0 Å². The van der Waals surface area contributed by atoms with Crippen molar-refractivity contribution in [3.05, 3.63) is 0 Å². The van der Waals surface area contributed by atoms with E-state index in [0.717, 1.165) is 6.42 Å². The van der Waals surface area contributed by atoms with Crippen LogP contribution in [0.5, 0.6) is 0 Å². The molecule has 0 spiro atoms. The van der Waals surface area contributed by atoms with Gasteiger partial charge in [-0.15, -0.1) is 0 Å². The molecule has 0 bridgehead atoms. The molecular weight excluding hydrogens is 266 g/mol. The molecular formula is C11H16F2O4S. The van der Waals surface area contributed by atoms with Crippen molar-refractivity contribution in [2.24, 2.45) is 11.3 Å². The molecule has 18 heavy (non-hydrogen) atoms. The SMILES string of the molecule is O=C(O)C1(CC2CCC2)CS(=O)(=O)CCC1(F)F. The molecule has 1 N–H and O–H groups in total. The first kappa shape index (κ1) is 13.7. The van der Waals surface area contributed by atoms with Crippen molar-refractivity contribution in [2.75, 3.05) is 11.5 Å². The first-order chi connectivity index (χ1) is 8.19. The fourth-order valence-electron chi connectivity index (χ4n) is 2.78. The van der Waals surface area contributed by atoms with Crippen LogP contribution in [0.3, 0.4) is 0 Å². The normalized spacial score (nSPS) is 34.8. The topological polar surface area (TPSA) is 71.4 Å². The lowest BCUT2D eigenvalue weighted by molar-refractivity contribution is -0.182. The van der Waals surface area contributed by atoms with Crippen molar-refractivity contribution in [3.63, 3.8) is 0 Å². The van der Waals surface area contributed by atoms with E-state index in [-0.39, 0.29) is 12.3 Å². The summed E-state index contributed by atoms with van der Waals surface area (Å²) in [7, 11) is -3.70. The van der Waals surface area contributed by atoms with Gasteiger partial charge in [-0.2, -0.15) is 0 Å². The maximum atomic E-state index is 14.0. The lowest BCUT2D eigenvalue weighted by atomic mass is 9.68. The summed E-state index contributed by atoms with van der Waals surface area (Å²) in [5, 5.41) is 9.18. The summed E-state index contributed by atoms with van der Waals surface area (Å²) in [5.41, 5.74) is -2.42. The summed E-state index contributed by atoms with van der Waals surface area (Å²) >= 11 is 0. The van der Waals surface area contributed by atoms with Crippen LogP contribution in [0.1, 0.15) is 32.1 Å². The van der Waals surface area contributed by atoms with Crippen LogP contribution in [0.2, 0.25) is 0 Å². The van der Waals surface area contributed by atoms with Gasteiger partial charge in [-0.3, -0.25) is 4.79 Å². The Kier molecular flexibility index (Phi) is 3.16. The van der Waals surface area contributed by atoms with Crippen LogP contribution >= 0.6 is 0 Å². The van der Waals surface area contributed by atoms with E-state index in [1.54, 1.807) is 0 Å². The van der Waals surface area contributed by atoms with E-state index in [4.69, 9.17) is 0 Å². The molecule has 1 aliphatic carbocycles. The summed E-state index contributed by atoms with van der Waals surface area (Å²) in [6.45, 7) is 0. The van der Waals surface area contributed by atoms with Crippen molar-refractivity contribution in [1.29, 1.82) is 0 Å². The Hall–Kier alpha value is -0.720. The standard InChI is InChI=1S/C11H16F2O4S/c12-11(13)4-5-18(16,17)7-10(11,9(14)15)6-8-2-1-3-8/h8H,1-7H2,(H,14,15). The number of aliphatic carboxylic acids is 1. The second-order valence-corrected chi connectivity index (χ2v) is 7.62. The van der Waals surface area contributed by atoms with Crippen molar-refractivity contribution >= 4 is 15.8 Å². The number of rotatable bonds is 3. The lowest BCUT2D eigenvalue weighted by Gasteiger charge is -2.43. The third-order valence-electron chi connectivity index (χ3n) is 4.16. The molecule has 4 nitrogen and oxygen atoms in total. The van der Waals surface area contributed by atoms with Crippen LogP contribution in [0.15, 0.2) is 0 Å². The van der Waals surface area contributed by atoms with Gasteiger partial charge >= 0.3 is 5.97 Å². The van der Waals surface area contributed by atoms with Crippen LogP contribution in [0.4, 0.5) is 8.78 Å². The molecule has 0 aromatic heterocycles. The third-order valence-corrected chi connectivity index (χ3v) is 5.92. The molecule has 1 aliphatic heterocycles. The fraction of sp³-hybridized carbons (Fsp3) is 0.909. The molecule has 2 aliphatic rings. The number of alkyl halides is 2. The highest BCUT2D eigenvalue weighted by atomic mass is 32.2. The van der Waals surface area contributed by atoms with E-state index in [9.17, 15) is 27.1 Å². The van der Waals surface area contributed by atoms with Crippen molar-refractivity contribution in [2.45, 2.75) is 38.0 Å². The second-order valence-electron chi connectivity index (χ2n) is 5.43. The fourth-order valence-corrected chi connectivity index (χ4v) is 4.69. The number of hydrogen-bond acceptors (Lipinski definition) is 3. The lowest BCUT2D eigenvalue weighted by Crippen LogP contribution is -2.57. The molecule has 104 valence electrons. The third kappa shape index (κ3) is 2.13. The van der Waals surface area contributed by atoms with Crippen molar-refractivity contribution in [3.8, 4) is 0 Å². The molecule has 2 fully saturated rings. The van der Waals surface area contributed by atoms with E-state index in [0.29, 0.717) is 12.8 Å². The van der Waals surface area contributed by atoms with Gasteiger partial charge in [-0.05, 0) is 12.3 Å². The van der Waals surface area contributed by atoms with Crippen LogP contribution in [0.25, 0.3) is 0 Å². The number of carboxylic acid groups (broad SMARTS) is 1. The van der Waals surface area contributed by atoms with Crippen molar-refractivity contribution in [1.82, 2.24) is 0 Å². The van der Waals surface area contributed by atoms with E-state index in [1.807, 2.05) is 0 Å². The van der Waals surface area contributed by atoms with E-state index in [2.05, 4.69) is 0 Å². The monoisotopic (exact) mass is 282 g/mol. The number of hydrogen-bond donors (Lipinski definition) is 1. The molecule has 7 heteroatoms. The molecule has 1 saturated heterocycles. The predicted molar refractivity (Wildman–Crippen MR) is 60.2 cm³/mol. The molecule has 0 aromatic rings. The summed E-state index contributed by atoms with van der Waals surface area (Å²) in [6, 6.07) is 0. The van der Waals surface area contributed by atoms with Gasteiger partial charge in [0.2, 0.25) is 0 Å². The average Bonchev–Trinajstić information content (AvgIpc) is 2.17. The molecule has 0 aromatic carbocycles. The minimum absolute atomic E-state index is 0.0831. The smallest absolute Gasteiger partial charge is 0.316 e. The quantitative estimate of drug-likeness (QED) is 0.855. The van der Waals surface area contributed by atoms with E-state index in [1.165, 1.54) is 0 Å². The summed E-state index contributed by atoms with van der Waals surface area (Å²) in [6.07, 6.45) is 1.22. The Balaban J connectivity index is 2.36. The zero-order valence-electron chi connectivity index (χ0n) is 9.86. The zero-order valence-corrected chi connectivity index (χ0v) is 10.7. The predicted octanol–water partition coefficient (Wildman–Crippen LogP) is 1.70. The molecule has 1 saturated carbocycles. The Morgan fingerprint density at radius 3 is 2.39 bits per heavy atom. The molecule has 1 heterocycles. The minimum atomic E-state index is -3.70. The number of carbonyl (C=O) groups is 1. The molecule has 0 amide bonds. The largest absolute Gasteiger partial charge is 0.481 e. The van der Waals surface area contributed by atoms with Gasteiger partial charge in [0.25, 0.3) is 5.92 Å². The van der Waals surface area contributed by atoms with Crippen LogP contribution in [-0.4, -0.2) is 36.9 Å². The van der Waals surface area contributed by atoms with E-state index >= 15 is 0 Å². The summed E-state index contributed by atoms with van der Waals surface area (Å²) in [5.74, 6) is -6.76. The van der Waals surface area contributed by atoms with Crippen molar-refractivity contribution < 1.29 is 27.1 Å². The minimum Gasteiger partial charge on any atom is -0.481 e. The van der Waals surface area contributed by atoms with Gasteiger partial charge in [0, 0.05) is 6.42 Å².